The molecule has 0 bridgehead atoms. The fraction of sp³-hybridized carbons (Fsp3) is 0.368. The molecule has 0 nitrogen and oxygen atoms in total. The van der Waals surface area contributed by atoms with Gasteiger partial charge in [-0.3, -0.25) is 0 Å². The largest absolute Gasteiger partial charge is 0.206 e. The Morgan fingerprint density at radius 2 is 1.09 bits per heavy atom. The average molecular weight is 446 g/mol. The van der Waals surface area contributed by atoms with Gasteiger partial charge in [0.15, 0.2) is 0 Å². The highest BCUT2D eigenvalue weighted by atomic mass is 79.9. The van der Waals surface area contributed by atoms with Crippen LogP contribution in [0.5, 0.6) is 0 Å². The van der Waals surface area contributed by atoms with E-state index in [1.54, 1.807) is 24.3 Å². The molecule has 0 heterocycles. The minimum atomic E-state index is -0.261. The van der Waals surface area contributed by atoms with Gasteiger partial charge in [0.25, 0.3) is 0 Å². The molecule has 0 unspecified atom stereocenters. The second-order valence-corrected chi connectivity index (χ2v) is 8.91. The zero-order valence-corrected chi connectivity index (χ0v) is 16.9. The quantitative estimate of drug-likeness (QED) is 0.469. The van der Waals surface area contributed by atoms with Gasteiger partial charge in [-0.1, -0.05) is 39.8 Å². The molecule has 0 aromatic heterocycles. The maximum Gasteiger partial charge on any atom is 0.137 e. The highest BCUT2D eigenvalue weighted by Crippen LogP contribution is 2.40. The molecule has 2 rings (SSSR count). The van der Waals surface area contributed by atoms with E-state index in [0.29, 0.717) is 8.95 Å². The van der Waals surface area contributed by atoms with Crippen LogP contribution in [0.3, 0.4) is 0 Å². The molecule has 0 atom stereocenters. The van der Waals surface area contributed by atoms with Crippen molar-refractivity contribution in [2.24, 2.45) is 0 Å². The van der Waals surface area contributed by atoms with E-state index in [1.807, 2.05) is 12.1 Å². The predicted molar refractivity (Wildman–Crippen MR) is 98.9 cm³/mol. The van der Waals surface area contributed by atoms with Crippen LogP contribution >= 0.6 is 31.9 Å². The summed E-state index contributed by atoms with van der Waals surface area (Å²) >= 11 is 6.38. The van der Waals surface area contributed by atoms with Crippen molar-refractivity contribution in [3.63, 3.8) is 0 Å². The maximum atomic E-state index is 13.9. The van der Waals surface area contributed by atoms with Gasteiger partial charge >= 0.3 is 0 Å². The molecule has 124 valence electrons. The Hall–Kier alpha value is -0.740. The lowest BCUT2D eigenvalue weighted by Gasteiger charge is -2.36. The van der Waals surface area contributed by atoms with Crippen molar-refractivity contribution in [3.8, 4) is 0 Å². The summed E-state index contributed by atoms with van der Waals surface area (Å²) in [4.78, 5) is 0. The van der Waals surface area contributed by atoms with Gasteiger partial charge in [0, 0.05) is 0 Å². The lowest BCUT2D eigenvalue weighted by atomic mass is 9.68. The van der Waals surface area contributed by atoms with Gasteiger partial charge in [0.2, 0.25) is 0 Å². The van der Waals surface area contributed by atoms with E-state index in [2.05, 4.69) is 59.6 Å². The first-order valence-corrected chi connectivity index (χ1v) is 9.03. The molecule has 0 saturated carbocycles. The topological polar surface area (TPSA) is 0 Å². The number of rotatable bonds is 4. The van der Waals surface area contributed by atoms with E-state index in [1.165, 1.54) is 0 Å². The summed E-state index contributed by atoms with van der Waals surface area (Å²) in [6.07, 6.45) is 0.766. The molecule has 4 heteroatoms. The van der Waals surface area contributed by atoms with E-state index in [4.69, 9.17) is 0 Å². The van der Waals surface area contributed by atoms with Crippen LogP contribution in [-0.4, -0.2) is 0 Å². The summed E-state index contributed by atoms with van der Waals surface area (Å²) in [5, 5.41) is 0. The SMILES string of the molecule is CC(C)(CC(C)(C)c1ccc(Br)c(F)c1)c1ccc(Br)c(F)c1. The van der Waals surface area contributed by atoms with Gasteiger partial charge in [-0.2, -0.15) is 0 Å². The first-order valence-electron chi connectivity index (χ1n) is 7.44. The van der Waals surface area contributed by atoms with E-state index in [9.17, 15) is 8.78 Å². The van der Waals surface area contributed by atoms with Crippen LogP contribution < -0.4 is 0 Å². The van der Waals surface area contributed by atoms with Crippen molar-refractivity contribution in [1.29, 1.82) is 0 Å². The van der Waals surface area contributed by atoms with Crippen molar-refractivity contribution >= 4 is 31.9 Å². The molecule has 0 aliphatic carbocycles. The van der Waals surface area contributed by atoms with Gasteiger partial charge < -0.3 is 0 Å². The first kappa shape index (κ1) is 18.6. The smallest absolute Gasteiger partial charge is 0.137 e. The van der Waals surface area contributed by atoms with Crippen LogP contribution in [0.4, 0.5) is 8.78 Å². The van der Waals surface area contributed by atoms with Crippen LogP contribution in [0.25, 0.3) is 0 Å². The molecule has 0 N–H and O–H groups in total. The van der Waals surface area contributed by atoms with Crippen molar-refractivity contribution in [2.45, 2.75) is 44.9 Å². The molecule has 0 radical (unpaired) electrons. The fourth-order valence-corrected chi connectivity index (χ4v) is 3.64. The van der Waals surface area contributed by atoms with Crippen LogP contribution in [0.1, 0.15) is 45.2 Å². The van der Waals surface area contributed by atoms with Crippen molar-refractivity contribution in [1.82, 2.24) is 0 Å². The zero-order chi connectivity index (χ0) is 17.4. The van der Waals surface area contributed by atoms with Crippen LogP contribution in [-0.2, 0) is 10.8 Å². The second kappa shape index (κ2) is 6.64. The normalized spacial score (nSPS) is 12.5. The Kier molecular flexibility index (Phi) is 5.37. The number of halogens is 4. The van der Waals surface area contributed by atoms with E-state index >= 15 is 0 Å². The number of hydrogen-bond acceptors (Lipinski definition) is 0. The zero-order valence-electron chi connectivity index (χ0n) is 13.7. The highest BCUT2D eigenvalue weighted by Gasteiger charge is 2.32. The van der Waals surface area contributed by atoms with Crippen molar-refractivity contribution in [3.05, 3.63) is 68.1 Å². The monoisotopic (exact) mass is 444 g/mol. The Bertz CT molecular complexity index is 660. The Morgan fingerprint density at radius 1 is 0.739 bits per heavy atom. The first-order chi connectivity index (χ1) is 10.5. The molecule has 0 aliphatic rings. The molecule has 0 saturated heterocycles. The van der Waals surface area contributed by atoms with E-state index in [0.717, 1.165) is 17.5 Å². The molecule has 23 heavy (non-hydrogen) atoms. The number of hydrogen-bond donors (Lipinski definition) is 0. The predicted octanol–water partition coefficient (Wildman–Crippen LogP) is 7.14. The molecule has 0 fully saturated rings. The minimum Gasteiger partial charge on any atom is -0.206 e. The molecule has 0 amide bonds. The lowest BCUT2D eigenvalue weighted by molar-refractivity contribution is 0.346. The van der Waals surface area contributed by atoms with Crippen LogP contribution in [0.2, 0.25) is 0 Å². The summed E-state index contributed by atoms with van der Waals surface area (Å²) in [6.45, 7) is 8.36. The third-order valence-corrected chi connectivity index (χ3v) is 5.57. The van der Waals surface area contributed by atoms with Gasteiger partial charge in [0.05, 0.1) is 8.95 Å². The minimum absolute atomic E-state index is 0.241. The van der Waals surface area contributed by atoms with Crippen molar-refractivity contribution in [2.75, 3.05) is 0 Å². The molecule has 2 aromatic carbocycles. The molecule has 2 aromatic rings. The van der Waals surface area contributed by atoms with E-state index < -0.39 is 0 Å². The standard InChI is InChI=1S/C19H20Br2F2/c1-18(2,12-5-7-14(20)16(22)9-12)11-19(3,4)13-6-8-15(21)17(23)10-13/h5-10H,11H2,1-4H3. The summed E-state index contributed by atoms with van der Waals surface area (Å²) in [6, 6.07) is 10.5. The van der Waals surface area contributed by atoms with Gasteiger partial charge in [-0.15, -0.1) is 0 Å². The molecule has 0 aliphatic heterocycles. The van der Waals surface area contributed by atoms with E-state index in [-0.39, 0.29) is 22.5 Å². The maximum absolute atomic E-state index is 13.9. The van der Waals surface area contributed by atoms with Crippen LogP contribution in [0.15, 0.2) is 45.3 Å². The average Bonchev–Trinajstić information content (AvgIpc) is 2.43. The van der Waals surface area contributed by atoms with Gasteiger partial charge in [0.1, 0.15) is 11.6 Å². The third-order valence-electron chi connectivity index (χ3n) is 4.29. The summed E-state index contributed by atoms with van der Waals surface area (Å²) in [5.74, 6) is -0.522. The molecular weight excluding hydrogens is 426 g/mol. The lowest BCUT2D eigenvalue weighted by Crippen LogP contribution is -2.30. The Labute approximate surface area is 153 Å². The third kappa shape index (κ3) is 4.21. The van der Waals surface area contributed by atoms with Gasteiger partial charge in [-0.25, -0.2) is 8.78 Å². The van der Waals surface area contributed by atoms with Crippen LogP contribution in [0, 0.1) is 11.6 Å². The summed E-state index contributed by atoms with van der Waals surface area (Å²) in [5.41, 5.74) is 1.39. The Balaban J connectivity index is 2.33. The second-order valence-electron chi connectivity index (χ2n) is 7.20. The summed E-state index contributed by atoms with van der Waals surface area (Å²) < 4.78 is 28.7. The highest BCUT2D eigenvalue weighted by molar-refractivity contribution is 9.10. The Morgan fingerprint density at radius 3 is 1.39 bits per heavy atom. The van der Waals surface area contributed by atoms with Crippen molar-refractivity contribution < 1.29 is 8.78 Å². The van der Waals surface area contributed by atoms with Gasteiger partial charge in [-0.05, 0) is 84.5 Å². The fourth-order valence-electron chi connectivity index (χ4n) is 3.14. The number of benzene rings is 2. The summed E-state index contributed by atoms with van der Waals surface area (Å²) in [7, 11) is 0. The molecule has 0 spiro atoms. The molecular formula is C19H20Br2F2.